The third-order valence-electron chi connectivity index (χ3n) is 5.47. The zero-order chi connectivity index (χ0) is 22.4. The first-order valence-corrected chi connectivity index (χ1v) is 12.4. The number of hydrogen-bond donors (Lipinski definition) is 2. The number of nitrogens with one attached hydrogen (secondary N) is 2. The molecule has 1 aliphatic carbocycles. The first kappa shape index (κ1) is 22.8. The maximum atomic E-state index is 12.8. The van der Waals surface area contributed by atoms with Crippen molar-refractivity contribution < 1.29 is 18.0 Å². The molecule has 0 heterocycles. The zero-order valence-electron chi connectivity index (χ0n) is 17.9. The molecule has 0 radical (unpaired) electrons. The number of hydrogen-bond acceptors (Lipinski definition) is 4. The fourth-order valence-electron chi connectivity index (χ4n) is 3.88. The monoisotopic (exact) mass is 443 g/mol. The van der Waals surface area contributed by atoms with Crippen molar-refractivity contribution >= 4 is 33.2 Å². The van der Waals surface area contributed by atoms with Gasteiger partial charge in [-0.25, -0.2) is 8.42 Å². The predicted molar refractivity (Wildman–Crippen MR) is 123 cm³/mol. The van der Waals surface area contributed by atoms with E-state index in [1.54, 1.807) is 55.5 Å². The third kappa shape index (κ3) is 5.85. The van der Waals surface area contributed by atoms with Crippen LogP contribution >= 0.6 is 0 Å². The summed E-state index contributed by atoms with van der Waals surface area (Å²) in [5.74, 6) is -0.559. The Morgan fingerprint density at radius 2 is 1.61 bits per heavy atom. The van der Waals surface area contributed by atoms with Gasteiger partial charge in [0.1, 0.15) is 0 Å². The summed E-state index contributed by atoms with van der Waals surface area (Å²) in [7, 11) is -3.39. The fourth-order valence-corrected chi connectivity index (χ4v) is 4.86. The van der Waals surface area contributed by atoms with E-state index >= 15 is 0 Å². The number of anilines is 2. The van der Waals surface area contributed by atoms with E-state index in [1.807, 2.05) is 0 Å². The summed E-state index contributed by atoms with van der Waals surface area (Å²) in [6, 6.07) is 13.4. The molecule has 2 aromatic carbocycles. The largest absolute Gasteiger partial charge is 0.349 e. The van der Waals surface area contributed by atoms with Gasteiger partial charge < -0.3 is 10.6 Å². The second-order valence-corrected chi connectivity index (χ2v) is 9.69. The summed E-state index contributed by atoms with van der Waals surface area (Å²) >= 11 is 0. The lowest BCUT2D eigenvalue weighted by atomic mass is 9.95. The number of para-hydroxylation sites is 1. The summed E-state index contributed by atoms with van der Waals surface area (Å²) in [6.45, 7) is 2.05. The molecule has 2 aromatic rings. The van der Waals surface area contributed by atoms with E-state index in [0.29, 0.717) is 29.0 Å². The number of nitrogens with zero attached hydrogens (tertiary/aromatic N) is 1. The van der Waals surface area contributed by atoms with Crippen molar-refractivity contribution in [2.75, 3.05) is 22.4 Å². The highest BCUT2D eigenvalue weighted by Crippen LogP contribution is 2.22. The van der Waals surface area contributed by atoms with E-state index in [1.165, 1.54) is 10.7 Å². The zero-order valence-corrected chi connectivity index (χ0v) is 18.7. The van der Waals surface area contributed by atoms with Gasteiger partial charge in [0.05, 0.1) is 23.2 Å². The topological polar surface area (TPSA) is 95.6 Å². The minimum atomic E-state index is -3.39. The van der Waals surface area contributed by atoms with E-state index in [0.717, 1.165) is 31.9 Å². The van der Waals surface area contributed by atoms with Crippen molar-refractivity contribution in [1.29, 1.82) is 0 Å². The SMILES string of the molecule is CCN(c1ccc(C(=O)Nc2ccccc2C(=O)NC2CCCCC2)cc1)S(C)(=O)=O. The smallest absolute Gasteiger partial charge is 0.255 e. The summed E-state index contributed by atoms with van der Waals surface area (Å²) in [5, 5.41) is 5.88. The number of benzene rings is 2. The maximum Gasteiger partial charge on any atom is 0.255 e. The number of sulfonamides is 1. The highest BCUT2D eigenvalue weighted by Gasteiger charge is 2.20. The van der Waals surface area contributed by atoms with Gasteiger partial charge in [-0.15, -0.1) is 0 Å². The van der Waals surface area contributed by atoms with Crippen LogP contribution in [0.25, 0.3) is 0 Å². The summed E-state index contributed by atoms with van der Waals surface area (Å²) in [4.78, 5) is 25.5. The third-order valence-corrected chi connectivity index (χ3v) is 6.73. The van der Waals surface area contributed by atoms with Crippen LogP contribution in [0.15, 0.2) is 48.5 Å². The Balaban J connectivity index is 1.72. The van der Waals surface area contributed by atoms with Crippen LogP contribution in [0.2, 0.25) is 0 Å². The molecule has 0 unspecified atom stereocenters. The van der Waals surface area contributed by atoms with Crippen LogP contribution in [-0.4, -0.2) is 39.1 Å². The quantitative estimate of drug-likeness (QED) is 0.681. The maximum absolute atomic E-state index is 12.8. The van der Waals surface area contributed by atoms with Crippen LogP contribution in [0.4, 0.5) is 11.4 Å². The molecule has 0 atom stereocenters. The first-order chi connectivity index (χ1) is 14.8. The number of carbonyl (C=O) groups excluding carboxylic acids is 2. The molecule has 1 fully saturated rings. The van der Waals surface area contributed by atoms with Crippen molar-refractivity contribution in [2.45, 2.75) is 45.1 Å². The molecular formula is C23H29N3O4S. The molecule has 2 amide bonds. The Morgan fingerprint density at radius 3 is 2.23 bits per heavy atom. The Labute approximate surface area is 183 Å². The Bertz CT molecular complexity index is 1030. The molecule has 0 bridgehead atoms. The molecule has 0 aromatic heterocycles. The molecule has 166 valence electrons. The molecule has 1 aliphatic rings. The Hall–Kier alpha value is -2.87. The van der Waals surface area contributed by atoms with Crippen LogP contribution < -0.4 is 14.9 Å². The fraction of sp³-hybridized carbons (Fsp3) is 0.391. The van der Waals surface area contributed by atoms with Crippen molar-refractivity contribution in [3.05, 3.63) is 59.7 Å². The van der Waals surface area contributed by atoms with Gasteiger partial charge in [0.15, 0.2) is 0 Å². The van der Waals surface area contributed by atoms with Gasteiger partial charge in [-0.1, -0.05) is 31.4 Å². The lowest BCUT2D eigenvalue weighted by molar-refractivity contribution is 0.0928. The molecule has 0 aliphatic heterocycles. The Morgan fingerprint density at radius 1 is 0.968 bits per heavy atom. The summed E-state index contributed by atoms with van der Waals surface area (Å²) < 4.78 is 25.0. The minimum absolute atomic E-state index is 0.175. The average molecular weight is 444 g/mol. The van der Waals surface area contributed by atoms with E-state index in [2.05, 4.69) is 10.6 Å². The summed E-state index contributed by atoms with van der Waals surface area (Å²) in [5.41, 5.74) is 1.73. The Kier molecular flexibility index (Phi) is 7.33. The van der Waals surface area contributed by atoms with E-state index < -0.39 is 10.0 Å². The van der Waals surface area contributed by atoms with Crippen molar-refractivity contribution in [1.82, 2.24) is 5.32 Å². The van der Waals surface area contributed by atoms with Gasteiger partial charge in [-0.2, -0.15) is 0 Å². The highest BCUT2D eigenvalue weighted by atomic mass is 32.2. The van der Waals surface area contributed by atoms with E-state index in [-0.39, 0.29) is 17.9 Å². The van der Waals surface area contributed by atoms with Gasteiger partial charge in [-0.3, -0.25) is 13.9 Å². The molecule has 2 N–H and O–H groups in total. The molecular weight excluding hydrogens is 414 g/mol. The van der Waals surface area contributed by atoms with Gasteiger partial charge in [0, 0.05) is 18.2 Å². The molecule has 0 saturated heterocycles. The molecule has 7 nitrogen and oxygen atoms in total. The second-order valence-electron chi connectivity index (χ2n) is 7.78. The number of rotatable bonds is 7. The van der Waals surface area contributed by atoms with Gasteiger partial charge in [0.25, 0.3) is 11.8 Å². The van der Waals surface area contributed by atoms with E-state index in [9.17, 15) is 18.0 Å². The van der Waals surface area contributed by atoms with Crippen LogP contribution in [0.3, 0.4) is 0 Å². The molecule has 0 spiro atoms. The lowest BCUT2D eigenvalue weighted by Gasteiger charge is -2.23. The van der Waals surface area contributed by atoms with Crippen LogP contribution in [0, 0.1) is 0 Å². The van der Waals surface area contributed by atoms with Crippen molar-refractivity contribution in [2.24, 2.45) is 0 Å². The second kappa shape index (κ2) is 9.96. The van der Waals surface area contributed by atoms with Crippen molar-refractivity contribution in [3.63, 3.8) is 0 Å². The van der Waals surface area contributed by atoms with Gasteiger partial charge in [0.2, 0.25) is 10.0 Å². The molecule has 31 heavy (non-hydrogen) atoms. The normalized spacial score (nSPS) is 14.6. The lowest BCUT2D eigenvalue weighted by Crippen LogP contribution is -2.36. The average Bonchev–Trinajstić information content (AvgIpc) is 2.75. The summed E-state index contributed by atoms with van der Waals surface area (Å²) in [6.07, 6.45) is 6.55. The molecule has 8 heteroatoms. The van der Waals surface area contributed by atoms with Crippen molar-refractivity contribution in [3.8, 4) is 0 Å². The number of carbonyl (C=O) groups is 2. The molecule has 3 rings (SSSR count). The first-order valence-electron chi connectivity index (χ1n) is 10.6. The predicted octanol–water partition coefficient (Wildman–Crippen LogP) is 3.79. The van der Waals surface area contributed by atoms with Gasteiger partial charge in [-0.05, 0) is 56.2 Å². The highest BCUT2D eigenvalue weighted by molar-refractivity contribution is 7.92. The van der Waals surface area contributed by atoms with Gasteiger partial charge >= 0.3 is 0 Å². The van der Waals surface area contributed by atoms with Crippen LogP contribution in [0.5, 0.6) is 0 Å². The van der Waals surface area contributed by atoms with Crippen LogP contribution in [-0.2, 0) is 10.0 Å². The minimum Gasteiger partial charge on any atom is -0.349 e. The van der Waals surface area contributed by atoms with Crippen LogP contribution in [0.1, 0.15) is 59.7 Å². The molecule has 1 saturated carbocycles. The standard InChI is InChI=1S/C23H29N3O4S/c1-3-26(31(2,29)30)19-15-13-17(14-16-19)22(27)25-21-12-8-7-11-20(21)23(28)24-18-9-5-4-6-10-18/h7-8,11-16,18H,3-6,9-10H2,1-2H3,(H,24,28)(H,25,27). The number of amides is 2. The van der Waals surface area contributed by atoms with E-state index in [4.69, 9.17) is 0 Å².